The van der Waals surface area contributed by atoms with Gasteiger partial charge >= 0.3 is 0 Å². The SMILES string of the molecule is CCCN1C(=O)C(c2ccc(C)c(C)c2)=C(N(CC)Cc2ccccc2)C1=O. The lowest BCUT2D eigenvalue weighted by Crippen LogP contribution is -2.35. The second-order valence-electron chi connectivity index (χ2n) is 7.28. The minimum atomic E-state index is -0.184. The van der Waals surface area contributed by atoms with Gasteiger partial charge in [0.1, 0.15) is 5.70 Å². The maximum absolute atomic E-state index is 13.2. The summed E-state index contributed by atoms with van der Waals surface area (Å²) in [7, 11) is 0. The van der Waals surface area contributed by atoms with Gasteiger partial charge in [0.25, 0.3) is 11.8 Å². The van der Waals surface area contributed by atoms with E-state index in [1.54, 1.807) is 0 Å². The minimum Gasteiger partial charge on any atom is -0.362 e. The number of likely N-dealkylation sites (N-methyl/N-ethyl adjacent to an activating group) is 1. The molecule has 1 aliphatic heterocycles. The Kier molecular flexibility index (Phi) is 5.98. The fourth-order valence-electron chi connectivity index (χ4n) is 3.59. The lowest BCUT2D eigenvalue weighted by Gasteiger charge is -2.25. The van der Waals surface area contributed by atoms with Crippen molar-refractivity contribution in [2.45, 2.75) is 40.7 Å². The van der Waals surface area contributed by atoms with Crippen molar-refractivity contribution in [2.75, 3.05) is 13.1 Å². The Labute approximate surface area is 167 Å². The Morgan fingerprint density at radius 1 is 0.893 bits per heavy atom. The zero-order valence-electron chi connectivity index (χ0n) is 17.2. The first-order chi connectivity index (χ1) is 13.5. The van der Waals surface area contributed by atoms with E-state index in [1.165, 1.54) is 10.5 Å². The lowest BCUT2D eigenvalue weighted by atomic mass is 9.99. The van der Waals surface area contributed by atoms with Crippen molar-refractivity contribution in [1.29, 1.82) is 0 Å². The van der Waals surface area contributed by atoms with Crippen molar-refractivity contribution in [3.05, 3.63) is 76.5 Å². The van der Waals surface area contributed by atoms with Crippen LogP contribution < -0.4 is 0 Å². The normalized spacial score (nSPS) is 14.2. The Morgan fingerprint density at radius 3 is 2.21 bits per heavy atom. The minimum absolute atomic E-state index is 0.183. The maximum atomic E-state index is 13.2. The monoisotopic (exact) mass is 376 g/mol. The first-order valence-corrected chi connectivity index (χ1v) is 9.94. The summed E-state index contributed by atoms with van der Waals surface area (Å²) in [6.45, 7) is 9.78. The van der Waals surface area contributed by atoms with Crippen molar-refractivity contribution >= 4 is 17.4 Å². The third kappa shape index (κ3) is 3.72. The van der Waals surface area contributed by atoms with Gasteiger partial charge < -0.3 is 4.90 Å². The molecule has 0 N–H and O–H groups in total. The molecule has 2 amide bonds. The van der Waals surface area contributed by atoms with Gasteiger partial charge in [-0.3, -0.25) is 14.5 Å². The number of amides is 2. The van der Waals surface area contributed by atoms with Gasteiger partial charge in [-0.05, 0) is 49.4 Å². The van der Waals surface area contributed by atoms with Gasteiger partial charge in [-0.15, -0.1) is 0 Å². The van der Waals surface area contributed by atoms with Crippen LogP contribution in [0.4, 0.5) is 0 Å². The van der Waals surface area contributed by atoms with E-state index in [4.69, 9.17) is 0 Å². The van der Waals surface area contributed by atoms with E-state index in [0.29, 0.717) is 30.9 Å². The molecule has 0 radical (unpaired) electrons. The first-order valence-electron chi connectivity index (χ1n) is 9.94. The van der Waals surface area contributed by atoms with Crippen LogP contribution in [0.1, 0.15) is 42.5 Å². The fourth-order valence-corrected chi connectivity index (χ4v) is 3.59. The third-order valence-electron chi connectivity index (χ3n) is 5.30. The number of nitrogens with zero attached hydrogens (tertiary/aromatic N) is 2. The second-order valence-corrected chi connectivity index (χ2v) is 7.28. The van der Waals surface area contributed by atoms with Crippen LogP contribution in [0.2, 0.25) is 0 Å². The predicted octanol–water partition coefficient (Wildman–Crippen LogP) is 4.32. The molecular formula is C24H28N2O2. The maximum Gasteiger partial charge on any atom is 0.277 e. The molecule has 0 saturated carbocycles. The summed E-state index contributed by atoms with van der Waals surface area (Å²) >= 11 is 0. The van der Waals surface area contributed by atoms with Crippen molar-refractivity contribution in [2.24, 2.45) is 0 Å². The van der Waals surface area contributed by atoms with E-state index in [0.717, 1.165) is 23.1 Å². The van der Waals surface area contributed by atoms with Gasteiger partial charge in [-0.1, -0.05) is 55.5 Å². The highest BCUT2D eigenvalue weighted by atomic mass is 16.2. The predicted molar refractivity (Wildman–Crippen MR) is 112 cm³/mol. The van der Waals surface area contributed by atoms with Gasteiger partial charge in [-0.2, -0.15) is 0 Å². The Morgan fingerprint density at radius 2 is 1.61 bits per heavy atom. The molecule has 1 heterocycles. The van der Waals surface area contributed by atoms with E-state index >= 15 is 0 Å². The van der Waals surface area contributed by atoms with E-state index < -0.39 is 0 Å². The topological polar surface area (TPSA) is 40.6 Å². The zero-order valence-corrected chi connectivity index (χ0v) is 17.2. The largest absolute Gasteiger partial charge is 0.362 e. The molecule has 2 aromatic carbocycles. The van der Waals surface area contributed by atoms with Crippen LogP contribution in [-0.2, 0) is 16.1 Å². The number of carbonyl (C=O) groups excluding carboxylic acids is 2. The molecule has 4 nitrogen and oxygen atoms in total. The van der Waals surface area contributed by atoms with Crippen LogP contribution in [0.5, 0.6) is 0 Å². The van der Waals surface area contributed by atoms with E-state index in [-0.39, 0.29) is 11.8 Å². The highest BCUT2D eigenvalue weighted by Crippen LogP contribution is 2.33. The summed E-state index contributed by atoms with van der Waals surface area (Å²) < 4.78 is 0. The van der Waals surface area contributed by atoms with E-state index in [2.05, 4.69) is 0 Å². The standard InChI is InChI=1S/C24H28N2O2/c1-5-14-26-23(27)21(20-13-12-17(3)18(4)15-20)22(24(26)28)25(6-2)16-19-10-8-7-9-11-19/h7-13,15H,5-6,14,16H2,1-4H3. The molecule has 2 aromatic rings. The molecular weight excluding hydrogens is 348 g/mol. The highest BCUT2D eigenvalue weighted by molar-refractivity contribution is 6.35. The number of hydrogen-bond donors (Lipinski definition) is 0. The van der Waals surface area contributed by atoms with Crippen LogP contribution >= 0.6 is 0 Å². The highest BCUT2D eigenvalue weighted by Gasteiger charge is 2.40. The Bertz CT molecular complexity index is 915. The molecule has 0 atom stereocenters. The van der Waals surface area contributed by atoms with Crippen LogP contribution in [0, 0.1) is 13.8 Å². The van der Waals surface area contributed by atoms with Gasteiger partial charge in [-0.25, -0.2) is 0 Å². The van der Waals surface area contributed by atoms with Gasteiger partial charge in [0.05, 0.1) is 5.57 Å². The van der Waals surface area contributed by atoms with Crippen molar-refractivity contribution in [1.82, 2.24) is 9.80 Å². The molecule has 0 saturated heterocycles. The molecule has 0 aliphatic carbocycles. The molecule has 0 spiro atoms. The second kappa shape index (κ2) is 8.42. The average Bonchev–Trinajstić information content (AvgIpc) is 2.94. The molecule has 28 heavy (non-hydrogen) atoms. The van der Waals surface area contributed by atoms with Gasteiger partial charge in [0.15, 0.2) is 0 Å². The number of hydrogen-bond acceptors (Lipinski definition) is 3. The summed E-state index contributed by atoms with van der Waals surface area (Å²) in [5, 5.41) is 0. The van der Waals surface area contributed by atoms with Crippen LogP contribution in [0.15, 0.2) is 54.2 Å². The molecule has 1 aliphatic rings. The average molecular weight is 377 g/mol. The van der Waals surface area contributed by atoms with Crippen LogP contribution in [-0.4, -0.2) is 34.7 Å². The zero-order chi connectivity index (χ0) is 20.3. The number of benzene rings is 2. The first kappa shape index (κ1) is 19.9. The molecule has 0 fully saturated rings. The molecule has 0 unspecified atom stereocenters. The smallest absolute Gasteiger partial charge is 0.277 e. The van der Waals surface area contributed by atoms with E-state index in [9.17, 15) is 9.59 Å². The van der Waals surface area contributed by atoms with Crippen LogP contribution in [0.3, 0.4) is 0 Å². The Hall–Kier alpha value is -2.88. The van der Waals surface area contributed by atoms with Gasteiger partial charge in [0.2, 0.25) is 0 Å². The van der Waals surface area contributed by atoms with Crippen LogP contribution in [0.25, 0.3) is 5.57 Å². The fraction of sp³-hybridized carbons (Fsp3) is 0.333. The summed E-state index contributed by atoms with van der Waals surface area (Å²) in [5.74, 6) is -0.366. The number of imide groups is 1. The number of aryl methyl sites for hydroxylation is 2. The Balaban J connectivity index is 2.11. The summed E-state index contributed by atoms with van der Waals surface area (Å²) in [4.78, 5) is 29.9. The van der Waals surface area contributed by atoms with Gasteiger partial charge in [0, 0.05) is 19.6 Å². The summed E-state index contributed by atoms with van der Waals surface area (Å²) in [6.07, 6.45) is 0.746. The van der Waals surface area contributed by atoms with Crippen molar-refractivity contribution in [3.8, 4) is 0 Å². The third-order valence-corrected chi connectivity index (χ3v) is 5.30. The van der Waals surface area contributed by atoms with Crippen molar-refractivity contribution < 1.29 is 9.59 Å². The number of carbonyl (C=O) groups is 2. The molecule has 4 heteroatoms. The number of rotatable bonds is 7. The molecule has 146 valence electrons. The summed E-state index contributed by atoms with van der Waals surface area (Å²) in [6, 6.07) is 16.0. The molecule has 3 rings (SSSR count). The van der Waals surface area contributed by atoms with E-state index in [1.807, 2.05) is 81.1 Å². The molecule has 0 bridgehead atoms. The lowest BCUT2D eigenvalue weighted by molar-refractivity contribution is -0.137. The van der Waals surface area contributed by atoms with Crippen molar-refractivity contribution in [3.63, 3.8) is 0 Å². The molecule has 0 aromatic heterocycles. The summed E-state index contributed by atoms with van der Waals surface area (Å²) in [5.41, 5.74) is 5.27. The quantitative estimate of drug-likeness (QED) is 0.676.